The van der Waals surface area contributed by atoms with Crippen molar-refractivity contribution in [2.24, 2.45) is 5.73 Å². The van der Waals surface area contributed by atoms with Crippen molar-refractivity contribution in [3.05, 3.63) is 29.6 Å². The molecule has 0 bridgehead atoms. The minimum atomic E-state index is 0.111. The van der Waals surface area contributed by atoms with Gasteiger partial charge in [-0.2, -0.15) is 0 Å². The highest BCUT2D eigenvalue weighted by atomic mass is 15.3. The van der Waals surface area contributed by atoms with Gasteiger partial charge in [0.2, 0.25) is 0 Å². The number of rotatable bonds is 4. The lowest BCUT2D eigenvalue weighted by Gasteiger charge is -2.37. The van der Waals surface area contributed by atoms with E-state index in [9.17, 15) is 0 Å². The topological polar surface area (TPSA) is 45.4 Å². The molecule has 0 aliphatic carbocycles. The van der Waals surface area contributed by atoms with Crippen molar-refractivity contribution in [1.29, 1.82) is 0 Å². The zero-order chi connectivity index (χ0) is 13.2. The third-order valence-corrected chi connectivity index (χ3v) is 4.06. The van der Waals surface area contributed by atoms with E-state index in [4.69, 9.17) is 5.73 Å². The number of nitrogens with two attached hydrogens (primary N) is 1. The molecular weight excluding hydrogens is 224 g/mol. The van der Waals surface area contributed by atoms with Gasteiger partial charge in [-0.1, -0.05) is 6.07 Å². The molecule has 1 aromatic rings. The molecular formula is C14H24N4. The third kappa shape index (κ3) is 2.71. The molecule has 1 atom stereocenters. The maximum absolute atomic E-state index is 6.03. The molecule has 1 aliphatic heterocycles. The Balaban J connectivity index is 2.09. The van der Waals surface area contributed by atoms with Crippen LogP contribution in [-0.4, -0.2) is 54.1 Å². The van der Waals surface area contributed by atoms with Gasteiger partial charge < -0.3 is 10.6 Å². The van der Waals surface area contributed by atoms with Gasteiger partial charge in [0.15, 0.2) is 0 Å². The van der Waals surface area contributed by atoms with Crippen molar-refractivity contribution < 1.29 is 0 Å². The first-order valence-electron chi connectivity index (χ1n) is 6.58. The number of aromatic nitrogens is 1. The molecule has 0 spiro atoms. The van der Waals surface area contributed by atoms with Gasteiger partial charge >= 0.3 is 0 Å². The van der Waals surface area contributed by atoms with Gasteiger partial charge in [0, 0.05) is 30.9 Å². The first-order valence-corrected chi connectivity index (χ1v) is 6.58. The standard InChI is InChI=1S/C14H24N4/c1-12-5-4-6-13(16-12)9-18(3)14(10-15)7-8-17(2)11-14/h4-6H,7-11,15H2,1-3H3. The summed E-state index contributed by atoms with van der Waals surface area (Å²) in [6.07, 6.45) is 1.14. The molecule has 2 rings (SSSR count). The summed E-state index contributed by atoms with van der Waals surface area (Å²) in [5.74, 6) is 0. The van der Waals surface area contributed by atoms with Gasteiger partial charge in [-0.05, 0) is 46.1 Å². The Kier molecular flexibility index (Phi) is 4.00. The van der Waals surface area contributed by atoms with Crippen molar-refractivity contribution >= 4 is 0 Å². The first-order chi connectivity index (χ1) is 8.55. The second kappa shape index (κ2) is 5.34. The predicted molar refractivity (Wildman–Crippen MR) is 74.3 cm³/mol. The molecule has 18 heavy (non-hydrogen) atoms. The van der Waals surface area contributed by atoms with E-state index in [0.29, 0.717) is 6.54 Å². The van der Waals surface area contributed by atoms with E-state index in [0.717, 1.165) is 37.4 Å². The maximum atomic E-state index is 6.03. The van der Waals surface area contributed by atoms with Crippen LogP contribution >= 0.6 is 0 Å². The summed E-state index contributed by atoms with van der Waals surface area (Å²) in [4.78, 5) is 9.30. The molecule has 1 unspecified atom stereocenters. The number of aryl methyl sites for hydroxylation is 1. The number of hydrogen-bond donors (Lipinski definition) is 1. The van der Waals surface area contributed by atoms with Crippen LogP contribution in [0.2, 0.25) is 0 Å². The number of likely N-dealkylation sites (N-methyl/N-ethyl adjacent to an activating group) is 2. The van der Waals surface area contributed by atoms with Crippen LogP contribution in [0, 0.1) is 6.92 Å². The Morgan fingerprint density at radius 1 is 1.50 bits per heavy atom. The van der Waals surface area contributed by atoms with Crippen molar-refractivity contribution in [2.75, 3.05) is 33.7 Å². The maximum Gasteiger partial charge on any atom is 0.0547 e. The van der Waals surface area contributed by atoms with Crippen molar-refractivity contribution in [3.63, 3.8) is 0 Å². The predicted octanol–water partition coefficient (Wildman–Crippen LogP) is 0.855. The minimum Gasteiger partial charge on any atom is -0.329 e. The van der Waals surface area contributed by atoms with Crippen molar-refractivity contribution in [3.8, 4) is 0 Å². The number of nitrogens with zero attached hydrogens (tertiary/aromatic N) is 3. The fraction of sp³-hybridized carbons (Fsp3) is 0.643. The molecule has 0 saturated carbocycles. The Hall–Kier alpha value is -0.970. The molecule has 4 nitrogen and oxygen atoms in total. The normalized spacial score (nSPS) is 24.9. The summed E-state index contributed by atoms with van der Waals surface area (Å²) in [5.41, 5.74) is 8.34. The van der Waals surface area contributed by atoms with Crippen LogP contribution in [-0.2, 0) is 6.54 Å². The zero-order valence-electron chi connectivity index (χ0n) is 11.7. The van der Waals surface area contributed by atoms with E-state index in [2.05, 4.69) is 41.0 Å². The lowest BCUT2D eigenvalue weighted by molar-refractivity contribution is 0.124. The largest absolute Gasteiger partial charge is 0.329 e. The number of pyridine rings is 1. The second-order valence-corrected chi connectivity index (χ2v) is 5.54. The Labute approximate surface area is 110 Å². The van der Waals surface area contributed by atoms with Gasteiger partial charge in [-0.25, -0.2) is 0 Å². The first kappa shape index (κ1) is 13.5. The summed E-state index contributed by atoms with van der Waals surface area (Å²) in [6, 6.07) is 6.19. The molecule has 1 fully saturated rings. The minimum absolute atomic E-state index is 0.111. The highest BCUT2D eigenvalue weighted by Gasteiger charge is 2.39. The van der Waals surface area contributed by atoms with Crippen LogP contribution in [0.1, 0.15) is 17.8 Å². The van der Waals surface area contributed by atoms with Gasteiger partial charge in [-0.15, -0.1) is 0 Å². The van der Waals surface area contributed by atoms with Gasteiger partial charge in [0.05, 0.1) is 5.69 Å². The van der Waals surface area contributed by atoms with Crippen LogP contribution < -0.4 is 5.73 Å². The van der Waals surface area contributed by atoms with E-state index in [1.54, 1.807) is 0 Å². The third-order valence-electron chi connectivity index (χ3n) is 4.06. The molecule has 1 aromatic heterocycles. The molecule has 1 aliphatic rings. The number of hydrogen-bond acceptors (Lipinski definition) is 4. The summed E-state index contributed by atoms with van der Waals surface area (Å²) in [7, 11) is 4.33. The van der Waals surface area contributed by atoms with Crippen LogP contribution in [0.25, 0.3) is 0 Å². The van der Waals surface area contributed by atoms with Crippen LogP contribution in [0.15, 0.2) is 18.2 Å². The van der Waals surface area contributed by atoms with E-state index >= 15 is 0 Å². The van der Waals surface area contributed by atoms with Crippen molar-refractivity contribution in [2.45, 2.75) is 25.4 Å². The molecule has 2 N–H and O–H groups in total. The molecule has 1 saturated heterocycles. The van der Waals surface area contributed by atoms with Gasteiger partial charge in [0.25, 0.3) is 0 Å². The average molecular weight is 248 g/mol. The second-order valence-electron chi connectivity index (χ2n) is 5.54. The van der Waals surface area contributed by atoms with Crippen LogP contribution in [0.5, 0.6) is 0 Å². The molecule has 100 valence electrons. The highest BCUT2D eigenvalue weighted by Crippen LogP contribution is 2.26. The van der Waals surface area contributed by atoms with Gasteiger partial charge in [-0.3, -0.25) is 9.88 Å². The molecule has 0 radical (unpaired) electrons. The lowest BCUT2D eigenvalue weighted by Crippen LogP contribution is -2.53. The summed E-state index contributed by atoms with van der Waals surface area (Å²) >= 11 is 0. The van der Waals surface area contributed by atoms with E-state index in [1.165, 1.54) is 0 Å². The average Bonchev–Trinajstić information content (AvgIpc) is 2.72. The molecule has 0 aromatic carbocycles. The van der Waals surface area contributed by atoms with Gasteiger partial charge in [0.1, 0.15) is 0 Å². The number of likely N-dealkylation sites (tertiary alicyclic amines) is 1. The Bertz CT molecular complexity index is 407. The smallest absolute Gasteiger partial charge is 0.0547 e. The SMILES string of the molecule is Cc1cccc(CN(C)C2(CN)CCN(C)C2)n1. The van der Waals surface area contributed by atoms with Crippen LogP contribution in [0.3, 0.4) is 0 Å². The van der Waals surface area contributed by atoms with E-state index in [1.807, 2.05) is 13.0 Å². The monoisotopic (exact) mass is 248 g/mol. The Morgan fingerprint density at radius 2 is 2.28 bits per heavy atom. The van der Waals surface area contributed by atoms with Crippen molar-refractivity contribution in [1.82, 2.24) is 14.8 Å². The fourth-order valence-electron chi connectivity index (χ4n) is 2.79. The van der Waals surface area contributed by atoms with Crippen LogP contribution in [0.4, 0.5) is 0 Å². The fourth-order valence-corrected chi connectivity index (χ4v) is 2.79. The highest BCUT2D eigenvalue weighted by molar-refractivity contribution is 5.11. The van der Waals surface area contributed by atoms with E-state index in [-0.39, 0.29) is 5.54 Å². The quantitative estimate of drug-likeness (QED) is 0.858. The Morgan fingerprint density at radius 3 is 2.83 bits per heavy atom. The molecule has 2 heterocycles. The summed E-state index contributed by atoms with van der Waals surface area (Å²) < 4.78 is 0. The molecule has 0 amide bonds. The molecule has 4 heteroatoms. The lowest BCUT2D eigenvalue weighted by atomic mass is 9.96. The van der Waals surface area contributed by atoms with E-state index < -0.39 is 0 Å². The summed E-state index contributed by atoms with van der Waals surface area (Å²) in [5, 5.41) is 0. The zero-order valence-corrected chi connectivity index (χ0v) is 11.7. The summed E-state index contributed by atoms with van der Waals surface area (Å²) in [6.45, 7) is 5.78.